The van der Waals surface area contributed by atoms with E-state index in [0.29, 0.717) is 34.1 Å². The molecular formula is C22H27Cl2FN2O2. The molecule has 158 valence electrons. The normalized spacial score (nSPS) is 16.9. The summed E-state index contributed by atoms with van der Waals surface area (Å²) in [6.07, 6.45) is 2.49. The van der Waals surface area contributed by atoms with Crippen molar-refractivity contribution in [2.24, 2.45) is 0 Å². The Labute approximate surface area is 181 Å². The summed E-state index contributed by atoms with van der Waals surface area (Å²) >= 11 is 12.5. The van der Waals surface area contributed by atoms with E-state index in [0.717, 1.165) is 18.7 Å². The molecule has 4 nitrogen and oxygen atoms in total. The number of hydrogen-bond acceptors (Lipinski definition) is 4. The van der Waals surface area contributed by atoms with Crippen molar-refractivity contribution in [3.05, 3.63) is 57.3 Å². The van der Waals surface area contributed by atoms with E-state index < -0.39 is 5.82 Å². The maximum absolute atomic E-state index is 14.0. The third kappa shape index (κ3) is 5.54. The number of methoxy groups -OCH3 is 1. The molecular weight excluding hydrogens is 414 g/mol. The molecule has 1 aliphatic heterocycles. The lowest BCUT2D eigenvalue weighted by Gasteiger charge is -2.23. The monoisotopic (exact) mass is 440 g/mol. The predicted octanol–water partition coefficient (Wildman–Crippen LogP) is 5.29. The lowest BCUT2D eigenvalue weighted by atomic mass is 10.1. The summed E-state index contributed by atoms with van der Waals surface area (Å²) in [7, 11) is 1.56. The number of benzene rings is 2. The highest BCUT2D eigenvalue weighted by Gasteiger charge is 2.22. The molecule has 3 rings (SSSR count). The van der Waals surface area contributed by atoms with Crippen LogP contribution in [-0.2, 0) is 13.2 Å². The Balaban J connectivity index is 1.64. The van der Waals surface area contributed by atoms with Gasteiger partial charge in [0.15, 0.2) is 11.5 Å². The Bertz CT molecular complexity index is 814. The fraction of sp³-hybridized carbons (Fsp3) is 0.455. The molecule has 0 aromatic heterocycles. The van der Waals surface area contributed by atoms with Gasteiger partial charge in [0.2, 0.25) is 0 Å². The van der Waals surface area contributed by atoms with E-state index >= 15 is 0 Å². The van der Waals surface area contributed by atoms with Crippen LogP contribution in [0.25, 0.3) is 0 Å². The first-order chi connectivity index (χ1) is 14.0. The van der Waals surface area contributed by atoms with Gasteiger partial charge in [-0.2, -0.15) is 0 Å². The highest BCUT2D eigenvalue weighted by atomic mass is 35.5. The molecule has 1 unspecified atom stereocenters. The number of likely N-dealkylation sites (tertiary alicyclic amines) is 1. The van der Waals surface area contributed by atoms with Gasteiger partial charge in [-0.1, -0.05) is 36.2 Å². The zero-order chi connectivity index (χ0) is 20.8. The Morgan fingerprint density at radius 3 is 2.79 bits per heavy atom. The van der Waals surface area contributed by atoms with E-state index in [4.69, 9.17) is 32.7 Å². The summed E-state index contributed by atoms with van der Waals surface area (Å²) in [5, 5.41) is 4.25. The molecule has 0 saturated carbocycles. The Morgan fingerprint density at radius 1 is 1.24 bits per heavy atom. The quantitative estimate of drug-likeness (QED) is 0.573. The molecule has 2 aromatic rings. The molecule has 1 saturated heterocycles. The molecule has 0 aliphatic carbocycles. The van der Waals surface area contributed by atoms with Crippen LogP contribution in [0.15, 0.2) is 30.3 Å². The topological polar surface area (TPSA) is 33.7 Å². The number of ether oxygens (including phenoxy) is 2. The molecule has 0 bridgehead atoms. The van der Waals surface area contributed by atoms with E-state index in [2.05, 4.69) is 17.1 Å². The average molecular weight is 441 g/mol. The number of nitrogens with one attached hydrogen (secondary N) is 1. The van der Waals surface area contributed by atoms with Crippen LogP contribution in [-0.4, -0.2) is 37.7 Å². The highest BCUT2D eigenvalue weighted by molar-refractivity contribution is 6.32. The maximum Gasteiger partial charge on any atom is 0.180 e. The maximum atomic E-state index is 14.0. The van der Waals surface area contributed by atoms with Crippen molar-refractivity contribution in [1.82, 2.24) is 10.2 Å². The first kappa shape index (κ1) is 22.2. The molecule has 1 heterocycles. The first-order valence-electron chi connectivity index (χ1n) is 9.90. The van der Waals surface area contributed by atoms with Crippen LogP contribution in [0.4, 0.5) is 4.39 Å². The molecule has 1 atom stereocenters. The number of rotatable bonds is 9. The minimum Gasteiger partial charge on any atom is -0.493 e. The number of nitrogens with zero attached hydrogens (tertiary/aromatic N) is 1. The van der Waals surface area contributed by atoms with Crippen LogP contribution in [0, 0.1) is 5.82 Å². The van der Waals surface area contributed by atoms with Crippen LogP contribution < -0.4 is 14.8 Å². The van der Waals surface area contributed by atoms with Crippen molar-refractivity contribution in [2.75, 3.05) is 26.7 Å². The van der Waals surface area contributed by atoms with E-state index in [-0.39, 0.29) is 12.2 Å². The second-order valence-corrected chi connectivity index (χ2v) is 7.97. The minimum absolute atomic E-state index is 0.0340. The van der Waals surface area contributed by atoms with Crippen LogP contribution >= 0.6 is 23.2 Å². The van der Waals surface area contributed by atoms with Gasteiger partial charge in [-0.25, -0.2) is 4.39 Å². The Hall–Kier alpha value is -1.53. The van der Waals surface area contributed by atoms with Gasteiger partial charge in [0.25, 0.3) is 0 Å². The molecule has 2 aromatic carbocycles. The lowest BCUT2D eigenvalue weighted by molar-refractivity contribution is 0.259. The predicted molar refractivity (Wildman–Crippen MR) is 116 cm³/mol. The van der Waals surface area contributed by atoms with Crippen LogP contribution in [0.5, 0.6) is 11.5 Å². The van der Waals surface area contributed by atoms with Crippen molar-refractivity contribution < 1.29 is 13.9 Å². The van der Waals surface area contributed by atoms with Gasteiger partial charge in [0, 0.05) is 24.7 Å². The Morgan fingerprint density at radius 2 is 2.07 bits per heavy atom. The lowest BCUT2D eigenvalue weighted by Crippen LogP contribution is -2.37. The third-order valence-electron chi connectivity index (χ3n) is 5.33. The highest BCUT2D eigenvalue weighted by Crippen LogP contribution is 2.37. The zero-order valence-electron chi connectivity index (χ0n) is 16.8. The average Bonchev–Trinajstić information content (AvgIpc) is 3.16. The van der Waals surface area contributed by atoms with Crippen molar-refractivity contribution in [1.29, 1.82) is 0 Å². The molecule has 0 radical (unpaired) electrons. The van der Waals surface area contributed by atoms with Crippen LogP contribution in [0.2, 0.25) is 10.0 Å². The van der Waals surface area contributed by atoms with Crippen LogP contribution in [0.3, 0.4) is 0 Å². The standard InChI is InChI=1S/C22H27Cl2FN2O2/c1-3-27-9-5-6-16(27)13-26-12-15-10-19(24)22(21(11-15)28-2)29-14-17-18(23)7-4-8-20(17)25/h4,7-8,10-11,16,26H,3,5-6,9,12-14H2,1-2H3. The van der Waals surface area contributed by atoms with Crippen molar-refractivity contribution in [2.45, 2.75) is 39.0 Å². The van der Waals surface area contributed by atoms with Crippen molar-refractivity contribution in [3.63, 3.8) is 0 Å². The van der Waals surface area contributed by atoms with Crippen molar-refractivity contribution in [3.8, 4) is 11.5 Å². The largest absolute Gasteiger partial charge is 0.493 e. The summed E-state index contributed by atoms with van der Waals surface area (Å²) in [6.45, 7) is 6.07. The minimum atomic E-state index is -0.415. The third-order valence-corrected chi connectivity index (χ3v) is 5.96. The fourth-order valence-electron chi connectivity index (χ4n) is 3.76. The molecule has 1 fully saturated rings. The molecule has 29 heavy (non-hydrogen) atoms. The second-order valence-electron chi connectivity index (χ2n) is 7.15. The van der Waals surface area contributed by atoms with Gasteiger partial charge < -0.3 is 14.8 Å². The molecule has 7 heteroatoms. The van der Waals surface area contributed by atoms with Gasteiger partial charge in [-0.3, -0.25) is 4.90 Å². The van der Waals surface area contributed by atoms with E-state index in [1.165, 1.54) is 25.5 Å². The molecule has 1 aliphatic rings. The van der Waals surface area contributed by atoms with E-state index in [1.54, 1.807) is 19.2 Å². The van der Waals surface area contributed by atoms with E-state index in [9.17, 15) is 4.39 Å². The zero-order valence-corrected chi connectivity index (χ0v) is 18.3. The smallest absolute Gasteiger partial charge is 0.180 e. The number of halogens is 3. The summed E-state index contributed by atoms with van der Waals surface area (Å²) < 4.78 is 25.2. The van der Waals surface area contributed by atoms with Gasteiger partial charge in [-0.15, -0.1) is 0 Å². The number of hydrogen-bond donors (Lipinski definition) is 1. The summed E-state index contributed by atoms with van der Waals surface area (Å²) in [5.41, 5.74) is 1.29. The second kappa shape index (κ2) is 10.5. The fourth-order valence-corrected chi connectivity index (χ4v) is 4.26. The number of likely N-dealkylation sites (N-methyl/N-ethyl adjacent to an activating group) is 1. The molecule has 0 spiro atoms. The summed E-state index contributed by atoms with van der Waals surface area (Å²) in [6, 6.07) is 8.86. The summed E-state index contributed by atoms with van der Waals surface area (Å²) in [4.78, 5) is 2.51. The van der Waals surface area contributed by atoms with E-state index in [1.807, 2.05) is 12.1 Å². The SMILES string of the molecule is CCN1CCCC1CNCc1cc(Cl)c(OCc2c(F)cccc2Cl)c(OC)c1. The van der Waals surface area contributed by atoms with Gasteiger partial charge in [0.05, 0.1) is 17.2 Å². The van der Waals surface area contributed by atoms with Crippen molar-refractivity contribution >= 4 is 23.2 Å². The van der Waals surface area contributed by atoms with Gasteiger partial charge >= 0.3 is 0 Å². The van der Waals surface area contributed by atoms with Gasteiger partial charge in [0.1, 0.15) is 12.4 Å². The molecule has 0 amide bonds. The summed E-state index contributed by atoms with van der Waals surface area (Å²) in [5.74, 6) is 0.476. The molecule has 1 N–H and O–H groups in total. The Kier molecular flexibility index (Phi) is 8.01. The van der Waals surface area contributed by atoms with Gasteiger partial charge in [-0.05, 0) is 55.8 Å². The first-order valence-corrected chi connectivity index (χ1v) is 10.7. The van der Waals surface area contributed by atoms with Crippen LogP contribution in [0.1, 0.15) is 30.9 Å².